The molecule has 1 unspecified atom stereocenters. The molecule has 16 heavy (non-hydrogen) atoms. The molecule has 0 spiro atoms. The van der Waals surface area contributed by atoms with Crippen LogP contribution in [0, 0.1) is 0 Å². The van der Waals surface area contributed by atoms with Gasteiger partial charge in [-0.25, -0.2) is 4.98 Å². The summed E-state index contributed by atoms with van der Waals surface area (Å²) < 4.78 is 5.81. The van der Waals surface area contributed by atoms with Crippen LogP contribution in [-0.4, -0.2) is 17.6 Å². The van der Waals surface area contributed by atoms with Crippen molar-refractivity contribution in [2.45, 2.75) is 50.8 Å². The molecular formula is C12H18N2OS. The third kappa shape index (κ3) is 2.14. The predicted molar refractivity (Wildman–Crippen MR) is 64.5 cm³/mol. The van der Waals surface area contributed by atoms with Crippen molar-refractivity contribution in [3.8, 4) is 0 Å². The van der Waals surface area contributed by atoms with Crippen LogP contribution in [0.5, 0.6) is 0 Å². The number of hydrogen-bond acceptors (Lipinski definition) is 4. The molecule has 1 atom stereocenters. The second-order valence-corrected chi connectivity index (χ2v) is 6.08. The second-order valence-electron chi connectivity index (χ2n) is 4.97. The summed E-state index contributed by atoms with van der Waals surface area (Å²) in [5, 5.41) is 4.67. The molecule has 2 heterocycles. The van der Waals surface area contributed by atoms with Gasteiger partial charge >= 0.3 is 0 Å². The highest BCUT2D eigenvalue weighted by molar-refractivity contribution is 7.11. The summed E-state index contributed by atoms with van der Waals surface area (Å²) in [5.74, 6) is 0. The standard InChI is InChI=1S/C12H18N2OS/c1-12(5-2-6-15-12)11-14-8-10(16-11)7-13-9-3-4-9/h8-9,13H,2-7H2,1H3. The number of nitrogens with one attached hydrogen (secondary N) is 1. The lowest BCUT2D eigenvalue weighted by Gasteiger charge is -2.19. The Kier molecular flexibility index (Phi) is 2.73. The molecule has 1 N–H and O–H groups in total. The van der Waals surface area contributed by atoms with Crippen LogP contribution in [0.1, 0.15) is 42.5 Å². The third-order valence-electron chi connectivity index (χ3n) is 3.37. The Labute approximate surface area is 100 Å². The summed E-state index contributed by atoms with van der Waals surface area (Å²) in [6.45, 7) is 4.01. The van der Waals surface area contributed by atoms with E-state index in [2.05, 4.69) is 17.2 Å². The first kappa shape index (κ1) is 10.7. The largest absolute Gasteiger partial charge is 0.368 e. The molecule has 3 rings (SSSR count). The highest BCUT2D eigenvalue weighted by Crippen LogP contribution is 2.37. The topological polar surface area (TPSA) is 34.2 Å². The van der Waals surface area contributed by atoms with E-state index in [-0.39, 0.29) is 5.60 Å². The van der Waals surface area contributed by atoms with E-state index in [1.807, 2.05) is 6.20 Å². The molecule has 3 nitrogen and oxygen atoms in total. The minimum absolute atomic E-state index is 0.109. The van der Waals surface area contributed by atoms with Crippen LogP contribution in [0.2, 0.25) is 0 Å². The molecule has 1 aromatic heterocycles. The van der Waals surface area contributed by atoms with Gasteiger partial charge in [0.25, 0.3) is 0 Å². The molecule has 0 aromatic carbocycles. The number of ether oxygens (including phenoxy) is 1. The molecule has 0 radical (unpaired) electrons. The lowest BCUT2D eigenvalue weighted by molar-refractivity contribution is 0.0166. The molecule has 1 saturated carbocycles. The maximum atomic E-state index is 5.81. The fourth-order valence-electron chi connectivity index (χ4n) is 2.11. The Hall–Kier alpha value is -0.450. The van der Waals surface area contributed by atoms with E-state index >= 15 is 0 Å². The van der Waals surface area contributed by atoms with Crippen LogP contribution in [0.4, 0.5) is 0 Å². The minimum Gasteiger partial charge on any atom is -0.368 e. The Bertz CT molecular complexity index is 367. The predicted octanol–water partition coefficient (Wildman–Crippen LogP) is 2.42. The second kappa shape index (κ2) is 4.09. The summed E-state index contributed by atoms with van der Waals surface area (Å²) in [4.78, 5) is 5.85. The van der Waals surface area contributed by atoms with Crippen molar-refractivity contribution in [3.63, 3.8) is 0 Å². The molecule has 1 aliphatic carbocycles. The van der Waals surface area contributed by atoms with Crippen LogP contribution in [0.15, 0.2) is 6.20 Å². The van der Waals surface area contributed by atoms with Crippen LogP contribution in [0.3, 0.4) is 0 Å². The summed E-state index contributed by atoms with van der Waals surface area (Å²) in [7, 11) is 0. The van der Waals surface area contributed by atoms with Gasteiger partial charge in [-0.1, -0.05) is 0 Å². The Balaban J connectivity index is 1.66. The van der Waals surface area contributed by atoms with Gasteiger partial charge in [-0.15, -0.1) is 11.3 Å². The summed E-state index contributed by atoms with van der Waals surface area (Å²) in [6, 6.07) is 0.767. The molecular weight excluding hydrogens is 220 g/mol. The van der Waals surface area contributed by atoms with E-state index in [0.29, 0.717) is 0 Å². The molecule has 88 valence electrons. The van der Waals surface area contributed by atoms with E-state index in [9.17, 15) is 0 Å². The Morgan fingerprint density at radius 2 is 2.50 bits per heavy atom. The fourth-order valence-corrected chi connectivity index (χ4v) is 3.11. The van der Waals surface area contributed by atoms with Crippen molar-refractivity contribution >= 4 is 11.3 Å². The summed E-state index contributed by atoms with van der Waals surface area (Å²) >= 11 is 1.80. The van der Waals surface area contributed by atoms with Gasteiger partial charge in [0.1, 0.15) is 10.6 Å². The molecule has 1 aliphatic heterocycles. The van der Waals surface area contributed by atoms with Gasteiger partial charge < -0.3 is 10.1 Å². The minimum atomic E-state index is -0.109. The van der Waals surface area contributed by atoms with E-state index in [0.717, 1.165) is 37.0 Å². The van der Waals surface area contributed by atoms with Gasteiger partial charge in [0, 0.05) is 30.3 Å². The SMILES string of the molecule is CC1(c2ncc(CNC3CC3)s2)CCCO1. The van der Waals surface area contributed by atoms with Crippen molar-refractivity contribution < 1.29 is 4.74 Å². The van der Waals surface area contributed by atoms with Crippen LogP contribution >= 0.6 is 11.3 Å². The van der Waals surface area contributed by atoms with E-state index in [1.54, 1.807) is 11.3 Å². The monoisotopic (exact) mass is 238 g/mol. The van der Waals surface area contributed by atoms with Gasteiger partial charge in [0.2, 0.25) is 0 Å². The van der Waals surface area contributed by atoms with E-state index in [4.69, 9.17) is 4.74 Å². The highest BCUT2D eigenvalue weighted by atomic mass is 32.1. The van der Waals surface area contributed by atoms with Gasteiger partial charge in [-0.05, 0) is 32.6 Å². The first-order valence-electron chi connectivity index (χ1n) is 6.09. The lowest BCUT2D eigenvalue weighted by Crippen LogP contribution is -2.19. The number of hydrogen-bond donors (Lipinski definition) is 1. The fraction of sp³-hybridized carbons (Fsp3) is 0.750. The smallest absolute Gasteiger partial charge is 0.125 e. The maximum absolute atomic E-state index is 5.81. The first-order valence-corrected chi connectivity index (χ1v) is 6.90. The van der Waals surface area contributed by atoms with Crippen molar-refractivity contribution in [2.75, 3.05) is 6.61 Å². The van der Waals surface area contributed by atoms with E-state index < -0.39 is 0 Å². The van der Waals surface area contributed by atoms with Crippen molar-refractivity contribution in [1.29, 1.82) is 0 Å². The number of thiazole rings is 1. The normalized spacial score (nSPS) is 29.8. The number of rotatable bonds is 4. The van der Waals surface area contributed by atoms with Gasteiger partial charge in [-0.3, -0.25) is 0 Å². The van der Waals surface area contributed by atoms with E-state index in [1.165, 1.54) is 17.7 Å². The summed E-state index contributed by atoms with van der Waals surface area (Å²) in [6.07, 6.45) is 6.95. The molecule has 2 aliphatic rings. The highest BCUT2D eigenvalue weighted by Gasteiger charge is 2.34. The van der Waals surface area contributed by atoms with Crippen molar-refractivity contribution in [2.24, 2.45) is 0 Å². The van der Waals surface area contributed by atoms with Crippen molar-refractivity contribution in [3.05, 3.63) is 16.1 Å². The molecule has 1 saturated heterocycles. The zero-order chi connectivity index (χ0) is 11.0. The Morgan fingerprint density at radius 3 is 3.19 bits per heavy atom. The van der Waals surface area contributed by atoms with Crippen molar-refractivity contribution in [1.82, 2.24) is 10.3 Å². The zero-order valence-electron chi connectivity index (χ0n) is 9.66. The zero-order valence-corrected chi connectivity index (χ0v) is 10.5. The van der Waals surface area contributed by atoms with Gasteiger partial charge in [0.15, 0.2) is 0 Å². The van der Waals surface area contributed by atoms with Crippen LogP contribution in [-0.2, 0) is 16.9 Å². The molecule has 2 fully saturated rings. The van der Waals surface area contributed by atoms with Crippen LogP contribution < -0.4 is 5.32 Å². The lowest BCUT2D eigenvalue weighted by atomic mass is 10.0. The average Bonchev–Trinajstić information content (AvgIpc) is 2.79. The average molecular weight is 238 g/mol. The Morgan fingerprint density at radius 1 is 1.62 bits per heavy atom. The molecule has 4 heteroatoms. The third-order valence-corrected chi connectivity index (χ3v) is 4.61. The maximum Gasteiger partial charge on any atom is 0.125 e. The number of nitrogens with zero attached hydrogens (tertiary/aromatic N) is 1. The quantitative estimate of drug-likeness (QED) is 0.874. The molecule has 0 bridgehead atoms. The first-order chi connectivity index (χ1) is 7.76. The van der Waals surface area contributed by atoms with Crippen LogP contribution in [0.25, 0.3) is 0 Å². The van der Waals surface area contributed by atoms with Gasteiger partial charge in [-0.2, -0.15) is 0 Å². The summed E-state index contributed by atoms with van der Waals surface area (Å²) in [5.41, 5.74) is -0.109. The number of aromatic nitrogens is 1. The molecule has 0 amide bonds. The molecule has 1 aromatic rings. The van der Waals surface area contributed by atoms with Gasteiger partial charge in [0.05, 0.1) is 0 Å².